The zero-order valence-electron chi connectivity index (χ0n) is 16.0. The standard InChI is InChI=1S/C21H23Cl3N4/c1-3-13-14(4-2)18(25)20-19(17(13)24)26-21-27(9-5-6-10-28(20)21)16-8-7-12(22)11-15(16)23/h7-8,11H,3-6,9-10,25H2,1-2H3. The van der Waals surface area contributed by atoms with E-state index in [1.807, 2.05) is 12.1 Å². The molecule has 28 heavy (non-hydrogen) atoms. The van der Waals surface area contributed by atoms with Gasteiger partial charge in [-0.05, 0) is 55.0 Å². The van der Waals surface area contributed by atoms with Crippen LogP contribution in [0.1, 0.15) is 37.8 Å². The highest BCUT2D eigenvalue weighted by atomic mass is 35.5. The minimum atomic E-state index is 0.607. The fourth-order valence-corrected chi connectivity index (χ4v) is 5.10. The number of halogens is 3. The highest BCUT2D eigenvalue weighted by Crippen LogP contribution is 2.42. The van der Waals surface area contributed by atoms with Crippen molar-refractivity contribution in [2.24, 2.45) is 0 Å². The SMILES string of the molecule is CCc1c(CC)c(N)c2c(nc3n2CCCCN3c2ccc(Cl)cc2Cl)c1Cl. The van der Waals surface area contributed by atoms with E-state index >= 15 is 0 Å². The third-order valence-corrected chi connectivity index (χ3v) is 6.47. The lowest BCUT2D eigenvalue weighted by Crippen LogP contribution is -2.20. The van der Waals surface area contributed by atoms with E-state index in [-0.39, 0.29) is 0 Å². The molecule has 2 N–H and O–H groups in total. The lowest BCUT2D eigenvalue weighted by Gasteiger charge is -2.23. The van der Waals surface area contributed by atoms with Crippen LogP contribution in [0.5, 0.6) is 0 Å². The van der Waals surface area contributed by atoms with E-state index in [9.17, 15) is 0 Å². The molecule has 1 aliphatic heterocycles. The first kappa shape index (κ1) is 19.7. The maximum Gasteiger partial charge on any atom is 0.211 e. The number of hydrogen-bond acceptors (Lipinski definition) is 3. The monoisotopic (exact) mass is 436 g/mol. The van der Waals surface area contributed by atoms with Crippen LogP contribution < -0.4 is 10.6 Å². The van der Waals surface area contributed by atoms with Gasteiger partial charge < -0.3 is 15.2 Å². The molecule has 4 nitrogen and oxygen atoms in total. The summed E-state index contributed by atoms with van der Waals surface area (Å²) in [6.45, 7) is 5.89. The largest absolute Gasteiger partial charge is 0.397 e. The number of aryl methyl sites for hydroxylation is 1. The molecule has 2 heterocycles. The number of rotatable bonds is 3. The minimum Gasteiger partial charge on any atom is -0.397 e. The molecular weight excluding hydrogens is 415 g/mol. The zero-order valence-corrected chi connectivity index (χ0v) is 18.3. The maximum absolute atomic E-state index is 6.81. The first-order chi connectivity index (χ1) is 13.5. The van der Waals surface area contributed by atoms with Gasteiger partial charge in [-0.2, -0.15) is 0 Å². The first-order valence-electron chi connectivity index (χ1n) is 9.69. The smallest absolute Gasteiger partial charge is 0.211 e. The molecule has 0 atom stereocenters. The summed E-state index contributed by atoms with van der Waals surface area (Å²) in [7, 11) is 0. The number of imidazole rings is 1. The predicted molar refractivity (Wildman–Crippen MR) is 121 cm³/mol. The van der Waals surface area contributed by atoms with E-state index < -0.39 is 0 Å². The van der Waals surface area contributed by atoms with Crippen LogP contribution in [0.4, 0.5) is 17.3 Å². The van der Waals surface area contributed by atoms with Crippen molar-refractivity contribution in [2.45, 2.75) is 46.1 Å². The number of nitrogens with two attached hydrogens (primary N) is 1. The fraction of sp³-hybridized carbons (Fsp3) is 0.381. The summed E-state index contributed by atoms with van der Waals surface area (Å²) in [5.41, 5.74) is 12.3. The van der Waals surface area contributed by atoms with Gasteiger partial charge in [0, 0.05) is 18.1 Å². The molecule has 7 heteroatoms. The van der Waals surface area contributed by atoms with Crippen LogP contribution in [0.25, 0.3) is 11.0 Å². The van der Waals surface area contributed by atoms with Crippen molar-refractivity contribution in [1.29, 1.82) is 0 Å². The van der Waals surface area contributed by atoms with Gasteiger partial charge in [-0.25, -0.2) is 4.98 Å². The summed E-state index contributed by atoms with van der Waals surface area (Å²) >= 11 is 19.4. The zero-order chi connectivity index (χ0) is 20.0. The van der Waals surface area contributed by atoms with Crippen molar-refractivity contribution in [3.63, 3.8) is 0 Å². The Bertz CT molecular complexity index is 1060. The molecule has 1 aliphatic rings. The quantitative estimate of drug-likeness (QED) is 0.467. The van der Waals surface area contributed by atoms with Gasteiger partial charge in [0.05, 0.1) is 26.9 Å². The molecule has 0 unspecified atom stereocenters. The summed E-state index contributed by atoms with van der Waals surface area (Å²) in [5.74, 6) is 0.834. The Morgan fingerprint density at radius 2 is 1.75 bits per heavy atom. The molecule has 4 rings (SSSR count). The molecule has 2 aromatic carbocycles. The van der Waals surface area contributed by atoms with Gasteiger partial charge in [-0.15, -0.1) is 0 Å². The molecule has 3 aromatic rings. The van der Waals surface area contributed by atoms with Crippen molar-refractivity contribution >= 4 is 63.2 Å². The third-order valence-electron chi connectivity index (χ3n) is 5.53. The van der Waals surface area contributed by atoms with E-state index in [2.05, 4.69) is 23.3 Å². The lowest BCUT2D eigenvalue weighted by atomic mass is 9.99. The minimum absolute atomic E-state index is 0.607. The first-order valence-corrected chi connectivity index (χ1v) is 10.8. The second-order valence-corrected chi connectivity index (χ2v) is 8.33. The Hall–Kier alpha value is -1.62. The topological polar surface area (TPSA) is 47.1 Å². The molecule has 1 aromatic heterocycles. The number of nitrogens with zero attached hydrogens (tertiary/aromatic N) is 3. The predicted octanol–water partition coefficient (Wildman–Crippen LogP) is 6.64. The number of fused-ring (bicyclic) bond motifs is 3. The van der Waals surface area contributed by atoms with Crippen LogP contribution >= 0.6 is 34.8 Å². The number of hydrogen-bond donors (Lipinski definition) is 1. The van der Waals surface area contributed by atoms with Crippen molar-refractivity contribution in [3.05, 3.63) is 44.4 Å². The van der Waals surface area contributed by atoms with Gasteiger partial charge in [0.2, 0.25) is 5.95 Å². The van der Waals surface area contributed by atoms with Gasteiger partial charge in [0.1, 0.15) is 5.52 Å². The molecule has 0 saturated carbocycles. The van der Waals surface area contributed by atoms with Crippen LogP contribution in [0.2, 0.25) is 15.1 Å². The van der Waals surface area contributed by atoms with Crippen LogP contribution in [-0.2, 0) is 19.4 Å². The lowest BCUT2D eigenvalue weighted by molar-refractivity contribution is 0.669. The van der Waals surface area contributed by atoms with Gasteiger partial charge in [0.15, 0.2) is 0 Å². The number of anilines is 3. The molecule has 0 spiro atoms. The van der Waals surface area contributed by atoms with E-state index in [0.29, 0.717) is 15.1 Å². The van der Waals surface area contributed by atoms with Crippen molar-refractivity contribution in [2.75, 3.05) is 17.2 Å². The van der Waals surface area contributed by atoms with Crippen LogP contribution in [-0.4, -0.2) is 16.1 Å². The van der Waals surface area contributed by atoms with Crippen LogP contribution in [0.15, 0.2) is 18.2 Å². The van der Waals surface area contributed by atoms with E-state index in [0.717, 1.165) is 78.3 Å². The molecule has 0 amide bonds. The molecule has 0 radical (unpaired) electrons. The summed E-state index contributed by atoms with van der Waals surface area (Å²) in [4.78, 5) is 7.12. The Balaban J connectivity index is 2.01. The molecule has 0 fully saturated rings. The van der Waals surface area contributed by atoms with Gasteiger partial charge >= 0.3 is 0 Å². The fourth-order valence-electron chi connectivity index (χ4n) is 4.21. The van der Waals surface area contributed by atoms with E-state index in [1.165, 1.54) is 0 Å². The van der Waals surface area contributed by atoms with Crippen molar-refractivity contribution in [3.8, 4) is 0 Å². The highest BCUT2D eigenvalue weighted by Gasteiger charge is 2.27. The normalized spacial score (nSPS) is 14.4. The average Bonchev–Trinajstić information content (AvgIpc) is 2.93. The number of nitrogen functional groups attached to an aromatic ring is 1. The molecular formula is C21H23Cl3N4. The molecule has 0 bridgehead atoms. The average molecular weight is 438 g/mol. The molecule has 0 aliphatic carbocycles. The second kappa shape index (κ2) is 7.66. The summed E-state index contributed by atoms with van der Waals surface area (Å²) in [6.07, 6.45) is 3.74. The number of aromatic nitrogens is 2. The Labute approximate surface area is 180 Å². The Morgan fingerprint density at radius 3 is 2.43 bits per heavy atom. The van der Waals surface area contributed by atoms with Crippen molar-refractivity contribution < 1.29 is 0 Å². The van der Waals surface area contributed by atoms with Crippen LogP contribution in [0, 0.1) is 0 Å². The number of benzene rings is 2. The Kier molecular flexibility index (Phi) is 5.38. The summed E-state index contributed by atoms with van der Waals surface area (Å²) < 4.78 is 2.20. The maximum atomic E-state index is 6.81. The van der Waals surface area contributed by atoms with Crippen molar-refractivity contribution in [1.82, 2.24) is 9.55 Å². The van der Waals surface area contributed by atoms with Gasteiger partial charge in [-0.3, -0.25) is 0 Å². The molecule has 148 valence electrons. The van der Waals surface area contributed by atoms with Gasteiger partial charge in [-0.1, -0.05) is 48.7 Å². The van der Waals surface area contributed by atoms with Gasteiger partial charge in [0.25, 0.3) is 0 Å². The highest BCUT2D eigenvalue weighted by molar-refractivity contribution is 6.37. The van der Waals surface area contributed by atoms with E-state index in [1.54, 1.807) is 6.07 Å². The van der Waals surface area contributed by atoms with Crippen LogP contribution in [0.3, 0.4) is 0 Å². The second-order valence-electron chi connectivity index (χ2n) is 7.11. The summed E-state index contributed by atoms with van der Waals surface area (Å²) in [5, 5.41) is 1.94. The summed E-state index contributed by atoms with van der Waals surface area (Å²) in [6, 6.07) is 5.56. The van der Waals surface area contributed by atoms with E-state index in [4.69, 9.17) is 45.5 Å². The molecule has 0 saturated heterocycles. The third kappa shape index (κ3) is 3.02. The Morgan fingerprint density at radius 1 is 1.04 bits per heavy atom.